The van der Waals surface area contributed by atoms with E-state index in [0.717, 1.165) is 224 Å². The quantitative estimate of drug-likeness (QED) is 0.0403. The fourth-order valence-electron chi connectivity index (χ4n) is 14.7. The summed E-state index contributed by atoms with van der Waals surface area (Å²) in [6, 6.07) is 75.1. The van der Waals surface area contributed by atoms with Gasteiger partial charge in [-0.05, 0) is 185 Å². The Labute approximate surface area is 808 Å². The Bertz CT molecular complexity index is 6630. The van der Waals surface area contributed by atoms with E-state index in [4.69, 9.17) is 0 Å². The molecule has 0 bridgehead atoms. The predicted molar refractivity (Wildman–Crippen MR) is 546 cm³/mol. The largest absolute Gasteiger partial charge is 0.261 e. The van der Waals surface area contributed by atoms with Crippen LogP contribution in [0.2, 0.25) is 0 Å². The number of hydrogen-bond donors (Lipinski definition) is 0. The highest BCUT2D eigenvalue weighted by Crippen LogP contribution is 2.28. The fraction of sp³-hybridized carbons (Fsp3) is 0.252. The van der Waals surface area contributed by atoms with Gasteiger partial charge in [-0.3, -0.25) is 29.9 Å². The van der Waals surface area contributed by atoms with Gasteiger partial charge in [0.05, 0.1) is 81.4 Å². The Morgan fingerprint density at radius 1 is 0.268 bits per heavy atom. The van der Waals surface area contributed by atoms with E-state index in [1.165, 1.54) is 35.5 Å². The fourth-order valence-corrected chi connectivity index (χ4v) is 17.1. The van der Waals surface area contributed by atoms with E-state index in [9.17, 15) is 25.3 Å². The smallest absolute Gasteiger partial charge is 0.181 e. The lowest BCUT2D eigenvalue weighted by atomic mass is 10.1. The van der Waals surface area contributed by atoms with Gasteiger partial charge in [0, 0.05) is 136 Å². The molecule has 0 saturated heterocycles. The van der Waals surface area contributed by atoms with Gasteiger partial charge in [0.2, 0.25) is 0 Å². The van der Waals surface area contributed by atoms with Gasteiger partial charge >= 0.3 is 0 Å². The maximum atomic E-state index is 11.4. The number of benzene rings is 6. The zero-order valence-corrected chi connectivity index (χ0v) is 82.4. The number of aromatic nitrogens is 22. The van der Waals surface area contributed by atoms with Crippen LogP contribution in [0.25, 0.3) is 102 Å². The van der Waals surface area contributed by atoms with Gasteiger partial charge in [-0.1, -0.05) is 229 Å². The first-order valence-corrected chi connectivity index (χ1v) is 52.3. The molecule has 12 heterocycles. The van der Waals surface area contributed by atoms with Crippen LogP contribution in [-0.4, -0.2) is 153 Å². The SMILES string of the molecule is CCCc1cc(-c2cn(-c3ccc(C)cc3)nn2)ccn1.CCCc1cc(-c2cn(-c3ccc(CS(C)(=O)=O)cc3)nn2)ccn1.CCCc1cc(-n2ccc(-c3ccc(C)cc3)n2)ccn1.CCCc1cc(-n2ccc(-c3ccc(C)cc3)n2)ccn1.CCCc1cc(-n2cnc(-c3ccc(CS(C)(=O)=O)cc3)n2)ccn1.CCCc1cc(-n2ncc(-c3ccc(CS(C)(=O)=O)cc3)n2)ccn1. The van der Waals surface area contributed by atoms with E-state index in [0.29, 0.717) is 5.82 Å². The van der Waals surface area contributed by atoms with Gasteiger partial charge in [0.15, 0.2) is 35.3 Å². The third-order valence-electron chi connectivity index (χ3n) is 21.6. The first-order valence-electron chi connectivity index (χ1n) is 46.2. The van der Waals surface area contributed by atoms with Gasteiger partial charge in [-0.25, -0.2) is 53.6 Å². The van der Waals surface area contributed by atoms with Crippen LogP contribution >= 0.6 is 0 Å². The highest BCUT2D eigenvalue weighted by molar-refractivity contribution is 7.90. The van der Waals surface area contributed by atoms with Crippen molar-refractivity contribution < 1.29 is 25.3 Å². The number of rotatable bonds is 30. The molecule has 0 fully saturated rings. The summed E-state index contributed by atoms with van der Waals surface area (Å²) in [5, 5.41) is 39.6. The first-order chi connectivity index (χ1) is 66.6. The van der Waals surface area contributed by atoms with Crippen LogP contribution in [0.1, 0.15) is 148 Å². The average molecular weight is 1900 g/mol. The van der Waals surface area contributed by atoms with Gasteiger partial charge in [0.25, 0.3) is 0 Å². The van der Waals surface area contributed by atoms with Crippen molar-refractivity contribution in [2.24, 2.45) is 0 Å². The van der Waals surface area contributed by atoms with Crippen LogP contribution < -0.4 is 0 Å². The van der Waals surface area contributed by atoms with Crippen LogP contribution in [0.5, 0.6) is 0 Å². The molecule has 0 radical (unpaired) electrons. The number of hydrogen-bond acceptors (Lipinski definition) is 22. The molecule has 18 aromatic rings. The van der Waals surface area contributed by atoms with Crippen LogP contribution in [0.3, 0.4) is 0 Å². The summed E-state index contributed by atoms with van der Waals surface area (Å²) in [6.45, 7) is 19.1. The van der Waals surface area contributed by atoms with Crippen LogP contribution in [-0.2, 0) is 85.3 Å². The molecule has 0 aliphatic rings. The van der Waals surface area contributed by atoms with Gasteiger partial charge in [-0.15, -0.1) is 20.4 Å². The van der Waals surface area contributed by atoms with Gasteiger partial charge in [-0.2, -0.15) is 20.1 Å². The number of sulfone groups is 3. The van der Waals surface area contributed by atoms with E-state index in [-0.39, 0.29) is 17.3 Å². The van der Waals surface area contributed by atoms with Crippen LogP contribution in [0.15, 0.2) is 305 Å². The Balaban J connectivity index is 0.000000140. The van der Waals surface area contributed by atoms with E-state index in [1.807, 2.05) is 168 Å². The lowest BCUT2D eigenvalue weighted by Gasteiger charge is -2.04. The van der Waals surface area contributed by atoms with Crippen molar-refractivity contribution in [2.45, 2.75) is 157 Å². The molecule has 31 heteroatoms. The minimum Gasteiger partial charge on any atom is -0.261 e. The number of aryl methyl sites for hydroxylation is 9. The predicted octanol–water partition coefficient (Wildman–Crippen LogP) is 20.5. The molecule has 138 heavy (non-hydrogen) atoms. The Hall–Kier alpha value is -15.0. The molecule has 0 unspecified atom stereocenters. The van der Waals surface area contributed by atoms with E-state index in [1.54, 1.807) is 86.4 Å². The average Bonchev–Trinajstić information content (AvgIpc) is 1.73. The van der Waals surface area contributed by atoms with Gasteiger partial charge < -0.3 is 0 Å². The molecule has 0 amide bonds. The summed E-state index contributed by atoms with van der Waals surface area (Å²) >= 11 is 0. The van der Waals surface area contributed by atoms with Crippen LogP contribution in [0.4, 0.5) is 0 Å². The maximum Gasteiger partial charge on any atom is 0.181 e. The molecule has 0 aliphatic heterocycles. The maximum absolute atomic E-state index is 11.4. The van der Waals surface area contributed by atoms with E-state index >= 15 is 0 Å². The van der Waals surface area contributed by atoms with Gasteiger partial charge in [0.1, 0.15) is 23.4 Å². The molecule has 0 N–H and O–H groups in total. The van der Waals surface area contributed by atoms with E-state index < -0.39 is 29.5 Å². The lowest BCUT2D eigenvalue weighted by molar-refractivity contribution is 0.599. The second-order valence-electron chi connectivity index (χ2n) is 33.9. The summed E-state index contributed by atoms with van der Waals surface area (Å²) < 4.78 is 77.2. The topological polar surface area (TPSA) is 338 Å². The van der Waals surface area contributed by atoms with Crippen molar-refractivity contribution in [2.75, 3.05) is 18.8 Å². The molecule has 0 saturated carbocycles. The highest BCUT2D eigenvalue weighted by Gasteiger charge is 2.17. The van der Waals surface area contributed by atoms with Crippen molar-refractivity contribution in [3.8, 4) is 102 Å². The summed E-state index contributed by atoms with van der Waals surface area (Å²) in [4.78, 5) is 32.1. The molecule has 0 spiro atoms. The van der Waals surface area contributed by atoms with Crippen molar-refractivity contribution in [3.05, 3.63) is 373 Å². The van der Waals surface area contributed by atoms with Crippen LogP contribution in [0, 0.1) is 20.8 Å². The zero-order chi connectivity index (χ0) is 97.6. The summed E-state index contributed by atoms with van der Waals surface area (Å²) in [5.41, 5.74) is 28.6. The molecule has 18 rings (SSSR count). The molecule has 0 atom stereocenters. The highest BCUT2D eigenvalue weighted by atomic mass is 32.2. The minimum absolute atomic E-state index is 0.0341. The third kappa shape index (κ3) is 30.3. The standard InChI is InChI=1S/3C18H20N4O2S.2C18H19N3.C17H18N4/c1-3-4-16-11-15(9-10-19-16)18-12-22(21-20-18)17-7-5-14(6-8-17)13-25(2,23)24;1-3-4-16-11-17(9-10-19-16)22-20-12-18(21-22)15-7-5-14(6-8-15)13-25(2,23)24;1-3-4-16-11-17(9-10-19-16)22-13-20-18(21-22)15-7-5-14(6-8-15)12-25(2,23)24;2*1-3-4-16-13-17(9-11-19-16)21-12-10-18(20-21)15-7-5-14(2)6-8-15;1-3-4-15-11-14(9-10-18-15)17-12-21(20-19-17)16-7-5-13(2)6-8-16/h2*5-12H,3-4,13H2,1-2H3;5-11,13H,3-4,12H2,1-2H3;2*5-13H,3-4H2,1-2H3;5-12H,3-4H2,1-2H3. The normalized spacial score (nSPS) is 11.2. The number of nitrogens with zero attached hydrogens (tertiary/aromatic N) is 22. The summed E-state index contributed by atoms with van der Waals surface area (Å²) in [7, 11) is -9.11. The molecule has 6 aromatic carbocycles. The monoisotopic (exact) mass is 1900 g/mol. The Morgan fingerprint density at radius 3 is 0.957 bits per heavy atom. The zero-order valence-electron chi connectivity index (χ0n) is 80.0. The third-order valence-corrected chi connectivity index (χ3v) is 24.2. The lowest BCUT2D eigenvalue weighted by Crippen LogP contribution is -2.01. The second kappa shape index (κ2) is 48.5. The van der Waals surface area contributed by atoms with Crippen molar-refractivity contribution in [1.29, 1.82) is 0 Å². The summed E-state index contributed by atoms with van der Waals surface area (Å²) in [5.74, 6) is 0.705. The Morgan fingerprint density at radius 2 is 0.580 bits per heavy atom. The molecule has 12 aromatic heterocycles. The molecule has 0 aliphatic carbocycles. The van der Waals surface area contributed by atoms with E-state index in [2.05, 4.69) is 222 Å². The van der Waals surface area contributed by atoms with Crippen molar-refractivity contribution >= 4 is 29.5 Å². The number of pyridine rings is 6. The summed E-state index contributed by atoms with van der Waals surface area (Å²) in [6.07, 6.45) is 37.9. The molecule has 708 valence electrons. The van der Waals surface area contributed by atoms with Crippen molar-refractivity contribution in [3.63, 3.8) is 0 Å². The van der Waals surface area contributed by atoms with Crippen molar-refractivity contribution in [1.82, 2.24) is 109 Å². The second-order valence-corrected chi connectivity index (χ2v) is 40.3. The minimum atomic E-state index is -3.04. The Kier molecular flexibility index (Phi) is 35.3. The molecule has 28 nitrogen and oxygen atoms in total. The molecular formula is C107H116N22O6S3. The molecular weight excluding hydrogens is 1790 g/mol. The first kappa shape index (κ1) is 101.